The standard InChI is InChI=1S/C36H36ClN3O8S/c1-7-39(8-2)34(42)30-20(3)38-36-40(31(30)25-18-24(45-4)12-13-27(25)46-5)33(41)29(49-36)17-22-15-26(37)32(28(16-22)47-6)48-19-21-10-9-11-23(14-21)35(43)44/h9-18,31H,7-8,19H2,1-6H3,(H,43,44)/b29-17+/t31-/m0/s1. The van der Waals surface area contributed by atoms with Gasteiger partial charge in [0.1, 0.15) is 24.1 Å². The molecule has 0 fully saturated rings. The summed E-state index contributed by atoms with van der Waals surface area (Å²) in [5.41, 5.74) is 2.44. The molecule has 1 aromatic heterocycles. The monoisotopic (exact) mass is 705 g/mol. The van der Waals surface area contributed by atoms with Crippen LogP contribution in [0.1, 0.15) is 53.9 Å². The van der Waals surface area contributed by atoms with Crippen LogP contribution in [0.25, 0.3) is 6.08 Å². The molecule has 0 bridgehead atoms. The average Bonchev–Trinajstić information content (AvgIpc) is 3.40. The number of nitrogens with zero attached hydrogens (tertiary/aromatic N) is 3. The van der Waals surface area contributed by atoms with E-state index >= 15 is 0 Å². The molecule has 0 aliphatic carbocycles. The van der Waals surface area contributed by atoms with Crippen molar-refractivity contribution in [1.29, 1.82) is 0 Å². The molecule has 0 saturated heterocycles. The highest BCUT2D eigenvalue weighted by molar-refractivity contribution is 7.07. The molecule has 0 spiro atoms. The molecule has 5 rings (SSSR count). The van der Waals surface area contributed by atoms with Crippen LogP contribution in [0.5, 0.6) is 23.0 Å². The second-order valence-electron chi connectivity index (χ2n) is 11.0. The fourth-order valence-electron chi connectivity index (χ4n) is 5.69. The molecule has 1 amide bonds. The van der Waals surface area contributed by atoms with E-state index in [1.165, 1.54) is 42.3 Å². The number of allylic oxidation sites excluding steroid dienone is 1. The Morgan fingerprint density at radius 1 is 1.02 bits per heavy atom. The number of fused-ring (bicyclic) bond motifs is 1. The molecule has 11 nitrogen and oxygen atoms in total. The Morgan fingerprint density at radius 2 is 1.76 bits per heavy atom. The van der Waals surface area contributed by atoms with Crippen molar-refractivity contribution in [3.63, 3.8) is 0 Å². The topological polar surface area (TPSA) is 129 Å². The lowest BCUT2D eigenvalue weighted by atomic mass is 9.93. The third-order valence-electron chi connectivity index (χ3n) is 8.14. The van der Waals surface area contributed by atoms with Gasteiger partial charge in [-0.25, -0.2) is 9.79 Å². The van der Waals surface area contributed by atoms with Gasteiger partial charge in [-0.2, -0.15) is 0 Å². The molecule has 2 heterocycles. The van der Waals surface area contributed by atoms with Crippen LogP contribution in [0.15, 0.2) is 75.7 Å². The number of rotatable bonds is 12. The Balaban J connectivity index is 1.61. The number of carbonyl (C=O) groups is 2. The van der Waals surface area contributed by atoms with E-state index in [9.17, 15) is 19.5 Å². The number of amides is 1. The molecule has 0 radical (unpaired) electrons. The minimum atomic E-state index is -1.04. The third kappa shape index (κ3) is 7.06. The van der Waals surface area contributed by atoms with Gasteiger partial charge in [-0.1, -0.05) is 35.1 Å². The number of methoxy groups -OCH3 is 3. The summed E-state index contributed by atoms with van der Waals surface area (Å²) in [6.07, 6.45) is 1.68. The molecule has 1 N–H and O–H groups in total. The zero-order valence-corrected chi connectivity index (χ0v) is 29.5. The van der Waals surface area contributed by atoms with Gasteiger partial charge < -0.3 is 29.0 Å². The maximum absolute atomic E-state index is 14.3. The maximum Gasteiger partial charge on any atom is 0.335 e. The van der Waals surface area contributed by atoms with Crippen LogP contribution in [0.2, 0.25) is 5.02 Å². The largest absolute Gasteiger partial charge is 0.497 e. The summed E-state index contributed by atoms with van der Waals surface area (Å²) in [7, 11) is 4.56. The van der Waals surface area contributed by atoms with Crippen LogP contribution in [-0.2, 0) is 11.4 Å². The Labute approximate surface area is 291 Å². The summed E-state index contributed by atoms with van der Waals surface area (Å²) >= 11 is 7.86. The summed E-state index contributed by atoms with van der Waals surface area (Å²) in [4.78, 5) is 46.6. The molecule has 256 valence electrons. The van der Waals surface area contributed by atoms with Gasteiger partial charge in [0.2, 0.25) is 0 Å². The molecule has 1 aliphatic rings. The number of hydrogen-bond acceptors (Lipinski definition) is 9. The number of thiazole rings is 1. The summed E-state index contributed by atoms with van der Waals surface area (Å²) in [6.45, 7) is 6.59. The summed E-state index contributed by atoms with van der Waals surface area (Å²) in [5.74, 6) is 0.356. The minimum Gasteiger partial charge on any atom is -0.497 e. The second-order valence-corrected chi connectivity index (χ2v) is 12.4. The highest BCUT2D eigenvalue weighted by Crippen LogP contribution is 2.39. The van der Waals surface area contributed by atoms with Crippen LogP contribution in [0.4, 0.5) is 0 Å². The first-order valence-corrected chi connectivity index (χ1v) is 16.6. The van der Waals surface area contributed by atoms with Crippen LogP contribution < -0.4 is 33.8 Å². The van der Waals surface area contributed by atoms with Gasteiger partial charge in [0.15, 0.2) is 16.3 Å². The summed E-state index contributed by atoms with van der Waals surface area (Å²) < 4.78 is 24.7. The number of carboxylic acid groups (broad SMARTS) is 1. The number of ether oxygens (including phenoxy) is 4. The van der Waals surface area contributed by atoms with E-state index in [2.05, 4.69) is 0 Å². The van der Waals surface area contributed by atoms with Crippen molar-refractivity contribution in [3.8, 4) is 23.0 Å². The molecule has 0 unspecified atom stereocenters. The van der Waals surface area contributed by atoms with Crippen LogP contribution >= 0.6 is 22.9 Å². The van der Waals surface area contributed by atoms with Gasteiger partial charge in [-0.15, -0.1) is 0 Å². The van der Waals surface area contributed by atoms with E-state index in [1.807, 2.05) is 13.8 Å². The Kier molecular flexibility index (Phi) is 10.8. The van der Waals surface area contributed by atoms with Crippen LogP contribution in [0, 0.1) is 0 Å². The highest BCUT2D eigenvalue weighted by atomic mass is 35.5. The average molecular weight is 706 g/mol. The number of benzene rings is 3. The van der Waals surface area contributed by atoms with Gasteiger partial charge >= 0.3 is 5.97 Å². The molecule has 1 aliphatic heterocycles. The fraction of sp³-hybridized carbons (Fsp3) is 0.278. The van der Waals surface area contributed by atoms with E-state index in [0.29, 0.717) is 67.6 Å². The van der Waals surface area contributed by atoms with Crippen molar-refractivity contribution in [2.45, 2.75) is 33.4 Å². The molecule has 4 aromatic rings. The maximum atomic E-state index is 14.3. The fourth-order valence-corrected chi connectivity index (χ4v) is 7.01. The van der Waals surface area contributed by atoms with Gasteiger partial charge in [0.05, 0.1) is 47.7 Å². The van der Waals surface area contributed by atoms with Crippen LogP contribution in [0.3, 0.4) is 0 Å². The predicted octanol–water partition coefficient (Wildman–Crippen LogP) is 5.06. The molecular formula is C36H36ClN3O8S. The normalized spacial score (nSPS) is 14.2. The zero-order valence-electron chi connectivity index (χ0n) is 27.9. The molecule has 1 atom stereocenters. The summed E-state index contributed by atoms with van der Waals surface area (Å²) in [5, 5.41) is 9.54. The smallest absolute Gasteiger partial charge is 0.335 e. The lowest BCUT2D eigenvalue weighted by molar-refractivity contribution is -0.127. The van der Waals surface area contributed by atoms with Crippen molar-refractivity contribution < 1.29 is 33.6 Å². The second kappa shape index (κ2) is 15.0. The molecule has 0 saturated carbocycles. The number of hydrogen-bond donors (Lipinski definition) is 1. The van der Waals surface area contributed by atoms with E-state index in [0.717, 1.165) is 0 Å². The van der Waals surface area contributed by atoms with E-state index in [4.69, 9.17) is 35.5 Å². The lowest BCUT2D eigenvalue weighted by Crippen LogP contribution is -2.43. The van der Waals surface area contributed by atoms with Crippen molar-refractivity contribution in [2.75, 3.05) is 34.4 Å². The van der Waals surface area contributed by atoms with E-state index in [1.54, 1.807) is 67.5 Å². The minimum absolute atomic E-state index is 0.0524. The quantitative estimate of drug-likeness (QED) is 0.217. The van der Waals surface area contributed by atoms with Gasteiger partial charge in [-0.3, -0.25) is 14.2 Å². The zero-order chi connectivity index (χ0) is 35.4. The molecule has 3 aromatic carbocycles. The number of halogens is 1. The SMILES string of the molecule is CCN(CC)C(=O)C1=C(C)N=c2s/c(=C/c3cc(Cl)c(OCc4cccc(C(=O)O)c4)c(OC)c3)c(=O)n2[C@H]1c1cc(OC)ccc1OC. The van der Waals surface area contributed by atoms with Gasteiger partial charge in [0, 0.05) is 18.7 Å². The van der Waals surface area contributed by atoms with E-state index in [-0.39, 0.29) is 34.4 Å². The molecule has 13 heteroatoms. The van der Waals surface area contributed by atoms with Gasteiger partial charge in [-0.05, 0) is 80.4 Å². The van der Waals surface area contributed by atoms with Crippen LogP contribution in [-0.4, -0.2) is 60.9 Å². The highest BCUT2D eigenvalue weighted by Gasteiger charge is 2.36. The van der Waals surface area contributed by atoms with Crippen molar-refractivity contribution in [3.05, 3.63) is 113 Å². The molecular weight excluding hydrogens is 670 g/mol. The lowest BCUT2D eigenvalue weighted by Gasteiger charge is -2.30. The number of carboxylic acids is 1. The summed E-state index contributed by atoms with van der Waals surface area (Å²) in [6, 6.07) is 14.2. The first-order valence-electron chi connectivity index (χ1n) is 15.4. The first-order chi connectivity index (χ1) is 23.5. The number of carbonyl (C=O) groups excluding carboxylic acids is 1. The molecule has 49 heavy (non-hydrogen) atoms. The first kappa shape index (κ1) is 35.2. The Morgan fingerprint density at radius 3 is 2.41 bits per heavy atom. The van der Waals surface area contributed by atoms with Crippen molar-refractivity contribution in [1.82, 2.24) is 9.47 Å². The third-order valence-corrected chi connectivity index (χ3v) is 9.40. The Hall–Kier alpha value is -5.07. The number of aromatic carboxylic acids is 1. The van der Waals surface area contributed by atoms with Gasteiger partial charge in [0.25, 0.3) is 11.5 Å². The number of likely N-dealkylation sites (N-methyl/N-ethyl adjacent to an activating group) is 1. The van der Waals surface area contributed by atoms with E-state index < -0.39 is 12.0 Å². The van der Waals surface area contributed by atoms with Crippen molar-refractivity contribution >= 4 is 40.9 Å². The van der Waals surface area contributed by atoms with Crippen molar-refractivity contribution in [2.24, 2.45) is 4.99 Å². The number of aromatic nitrogens is 1. The predicted molar refractivity (Wildman–Crippen MR) is 187 cm³/mol. The Bertz CT molecular complexity index is 2130.